The van der Waals surface area contributed by atoms with E-state index in [4.69, 9.17) is 11.6 Å². The van der Waals surface area contributed by atoms with Crippen LogP contribution in [0.3, 0.4) is 0 Å². The van der Waals surface area contributed by atoms with Crippen LogP contribution in [-0.4, -0.2) is 28.3 Å². The lowest BCUT2D eigenvalue weighted by Gasteiger charge is -2.12. The number of esters is 1. The maximum Gasteiger partial charge on any atom is 0.385 e. The number of carbonyl (C=O) groups is 2. The first kappa shape index (κ1) is 15.5. The standard InChI is InChI=1S/C12H7ClF2N2O3S/c13-11-17-9(6-21-11)12(14,15)10(19)20-5-8(18)7-3-1-2-4-16-7/h1-4,6H,5H2. The molecule has 0 aliphatic rings. The second kappa shape index (κ2) is 6.23. The summed E-state index contributed by atoms with van der Waals surface area (Å²) in [5, 5.41) is 0.949. The number of aromatic nitrogens is 2. The fraction of sp³-hybridized carbons (Fsp3) is 0.167. The first-order valence-corrected chi connectivity index (χ1v) is 6.78. The molecule has 0 amide bonds. The summed E-state index contributed by atoms with van der Waals surface area (Å²) < 4.78 is 31.6. The van der Waals surface area contributed by atoms with E-state index in [0.717, 1.165) is 16.7 Å². The molecule has 2 aromatic heterocycles. The van der Waals surface area contributed by atoms with Gasteiger partial charge in [0.2, 0.25) is 5.78 Å². The number of thiazole rings is 1. The van der Waals surface area contributed by atoms with Crippen LogP contribution in [0.1, 0.15) is 16.2 Å². The number of rotatable bonds is 5. The van der Waals surface area contributed by atoms with Gasteiger partial charge in [-0.1, -0.05) is 17.7 Å². The number of Topliss-reactive ketones (excluding diaryl/α,β-unsaturated/α-hetero) is 1. The zero-order valence-corrected chi connectivity index (χ0v) is 11.8. The monoisotopic (exact) mass is 332 g/mol. The third kappa shape index (κ3) is 3.59. The molecular formula is C12H7ClF2N2O3S. The van der Waals surface area contributed by atoms with E-state index in [-0.39, 0.29) is 10.2 Å². The molecule has 0 unspecified atom stereocenters. The van der Waals surface area contributed by atoms with Gasteiger partial charge in [0.05, 0.1) is 0 Å². The van der Waals surface area contributed by atoms with E-state index >= 15 is 0 Å². The molecule has 9 heteroatoms. The molecule has 0 saturated heterocycles. The lowest BCUT2D eigenvalue weighted by atomic mass is 10.2. The summed E-state index contributed by atoms with van der Waals surface area (Å²) in [6, 6.07) is 4.52. The van der Waals surface area contributed by atoms with E-state index in [9.17, 15) is 18.4 Å². The van der Waals surface area contributed by atoms with Crippen LogP contribution in [0.5, 0.6) is 0 Å². The minimum absolute atomic E-state index is 0.0188. The number of carbonyl (C=O) groups excluding carboxylic acids is 2. The minimum atomic E-state index is -3.96. The van der Waals surface area contributed by atoms with Crippen molar-refractivity contribution in [2.45, 2.75) is 5.92 Å². The maximum absolute atomic E-state index is 13.7. The normalized spacial score (nSPS) is 11.2. The van der Waals surface area contributed by atoms with Crippen molar-refractivity contribution in [3.05, 3.63) is 45.6 Å². The molecular weight excluding hydrogens is 326 g/mol. The van der Waals surface area contributed by atoms with Gasteiger partial charge in [-0.25, -0.2) is 9.78 Å². The Kier molecular flexibility index (Phi) is 4.59. The minimum Gasteiger partial charge on any atom is -0.452 e. The Hall–Kier alpha value is -1.93. The van der Waals surface area contributed by atoms with Gasteiger partial charge in [0.15, 0.2) is 11.1 Å². The highest BCUT2D eigenvalue weighted by molar-refractivity contribution is 7.14. The SMILES string of the molecule is O=C(COC(=O)C(F)(F)c1csc(Cl)n1)c1ccccn1. The van der Waals surface area contributed by atoms with Crippen LogP contribution in [0.15, 0.2) is 29.8 Å². The van der Waals surface area contributed by atoms with Crippen molar-refractivity contribution in [3.63, 3.8) is 0 Å². The van der Waals surface area contributed by atoms with E-state index < -0.39 is 30.0 Å². The summed E-state index contributed by atoms with van der Waals surface area (Å²) in [7, 11) is 0. The van der Waals surface area contributed by atoms with Crippen molar-refractivity contribution in [1.82, 2.24) is 9.97 Å². The molecule has 0 N–H and O–H groups in total. The summed E-state index contributed by atoms with van der Waals surface area (Å²) in [5.74, 6) is -6.52. The Balaban J connectivity index is 2.00. The average molecular weight is 333 g/mol. The van der Waals surface area contributed by atoms with Gasteiger partial charge in [0.1, 0.15) is 11.4 Å². The number of halogens is 3. The van der Waals surface area contributed by atoms with Crippen molar-refractivity contribution < 1.29 is 23.1 Å². The van der Waals surface area contributed by atoms with Gasteiger partial charge < -0.3 is 4.74 Å². The fourth-order valence-electron chi connectivity index (χ4n) is 1.32. The number of alkyl halides is 2. The first-order valence-electron chi connectivity index (χ1n) is 5.52. The molecule has 0 bridgehead atoms. The molecule has 0 radical (unpaired) electrons. The van der Waals surface area contributed by atoms with Crippen molar-refractivity contribution in [3.8, 4) is 0 Å². The zero-order chi connectivity index (χ0) is 15.5. The van der Waals surface area contributed by atoms with E-state index in [1.54, 1.807) is 12.1 Å². The topological polar surface area (TPSA) is 69.2 Å². The first-order chi connectivity index (χ1) is 9.91. The Bertz CT molecular complexity index is 664. The molecule has 5 nitrogen and oxygen atoms in total. The van der Waals surface area contributed by atoms with Crippen molar-refractivity contribution in [1.29, 1.82) is 0 Å². The molecule has 0 aliphatic heterocycles. The maximum atomic E-state index is 13.7. The predicted molar refractivity (Wildman–Crippen MR) is 70.5 cm³/mol. The lowest BCUT2D eigenvalue weighted by Crippen LogP contribution is -2.30. The molecule has 21 heavy (non-hydrogen) atoms. The van der Waals surface area contributed by atoms with Crippen LogP contribution < -0.4 is 0 Å². The van der Waals surface area contributed by atoms with E-state index in [1.807, 2.05) is 0 Å². The highest BCUT2D eigenvalue weighted by atomic mass is 35.5. The largest absolute Gasteiger partial charge is 0.452 e. The van der Waals surface area contributed by atoms with Gasteiger partial charge >= 0.3 is 11.9 Å². The van der Waals surface area contributed by atoms with Gasteiger partial charge in [-0.05, 0) is 12.1 Å². The Morgan fingerprint density at radius 2 is 2.14 bits per heavy atom. The molecule has 2 heterocycles. The molecule has 0 spiro atoms. The van der Waals surface area contributed by atoms with Crippen LogP contribution in [0.2, 0.25) is 4.47 Å². The van der Waals surface area contributed by atoms with E-state index in [1.165, 1.54) is 12.3 Å². The lowest BCUT2D eigenvalue weighted by molar-refractivity contribution is -0.172. The Morgan fingerprint density at radius 1 is 1.38 bits per heavy atom. The fourth-order valence-corrected chi connectivity index (χ4v) is 2.11. The average Bonchev–Trinajstić information content (AvgIpc) is 2.92. The smallest absolute Gasteiger partial charge is 0.385 e. The number of nitrogens with zero attached hydrogens (tertiary/aromatic N) is 2. The second-order valence-electron chi connectivity index (χ2n) is 3.77. The quantitative estimate of drug-likeness (QED) is 0.622. The molecule has 0 fully saturated rings. The molecule has 0 atom stereocenters. The van der Waals surface area contributed by atoms with Gasteiger partial charge in [-0.15, -0.1) is 11.3 Å². The molecule has 2 rings (SSSR count). The van der Waals surface area contributed by atoms with Gasteiger partial charge in [0.25, 0.3) is 0 Å². The van der Waals surface area contributed by atoms with Crippen LogP contribution in [-0.2, 0) is 15.5 Å². The van der Waals surface area contributed by atoms with E-state index in [0.29, 0.717) is 0 Å². The van der Waals surface area contributed by atoms with Gasteiger partial charge in [0, 0.05) is 11.6 Å². The van der Waals surface area contributed by atoms with Crippen LogP contribution in [0, 0.1) is 0 Å². The summed E-state index contributed by atoms with van der Waals surface area (Å²) in [4.78, 5) is 30.0. The van der Waals surface area contributed by atoms with Crippen LogP contribution in [0.4, 0.5) is 8.78 Å². The van der Waals surface area contributed by atoms with Gasteiger partial charge in [-0.3, -0.25) is 9.78 Å². The van der Waals surface area contributed by atoms with Crippen molar-refractivity contribution in [2.24, 2.45) is 0 Å². The van der Waals surface area contributed by atoms with Gasteiger partial charge in [-0.2, -0.15) is 8.78 Å². The van der Waals surface area contributed by atoms with Crippen molar-refractivity contribution >= 4 is 34.7 Å². The molecule has 0 saturated carbocycles. The highest BCUT2D eigenvalue weighted by Crippen LogP contribution is 2.31. The third-order valence-electron chi connectivity index (χ3n) is 2.34. The summed E-state index contributed by atoms with van der Waals surface area (Å²) in [6.45, 7) is -0.830. The van der Waals surface area contributed by atoms with Crippen LogP contribution in [0.25, 0.3) is 0 Å². The Labute approximate surface area is 126 Å². The second-order valence-corrected chi connectivity index (χ2v) is 5.21. The van der Waals surface area contributed by atoms with E-state index in [2.05, 4.69) is 14.7 Å². The van der Waals surface area contributed by atoms with Crippen LogP contribution >= 0.6 is 22.9 Å². The zero-order valence-electron chi connectivity index (χ0n) is 10.3. The number of ketones is 1. The number of hydrogen-bond donors (Lipinski definition) is 0. The highest BCUT2D eigenvalue weighted by Gasteiger charge is 2.45. The summed E-state index contributed by atoms with van der Waals surface area (Å²) in [5.41, 5.74) is -0.793. The van der Waals surface area contributed by atoms with Crippen molar-refractivity contribution in [2.75, 3.05) is 6.61 Å². The number of ether oxygens (including phenoxy) is 1. The summed E-state index contributed by atoms with van der Waals surface area (Å²) >= 11 is 6.20. The molecule has 0 aromatic carbocycles. The molecule has 2 aromatic rings. The molecule has 110 valence electrons. The summed E-state index contributed by atoms with van der Waals surface area (Å²) in [6.07, 6.45) is 1.36. The predicted octanol–water partition coefficient (Wildman–Crippen LogP) is 2.71. The number of pyridine rings is 1. The third-order valence-corrected chi connectivity index (χ3v) is 3.32. The Morgan fingerprint density at radius 3 is 2.71 bits per heavy atom. The molecule has 0 aliphatic carbocycles. The number of hydrogen-bond acceptors (Lipinski definition) is 6.